The number of H-pyrrole nitrogens is 1. The van der Waals surface area contributed by atoms with Crippen LogP contribution >= 0.6 is 0 Å². The van der Waals surface area contributed by atoms with Crippen molar-refractivity contribution in [2.45, 2.75) is 18.9 Å². The van der Waals surface area contributed by atoms with E-state index in [4.69, 9.17) is 0 Å². The summed E-state index contributed by atoms with van der Waals surface area (Å²) in [6.07, 6.45) is 4.69. The van der Waals surface area contributed by atoms with E-state index in [0.29, 0.717) is 0 Å². The van der Waals surface area contributed by atoms with Gasteiger partial charge in [-0.1, -0.05) is 0 Å². The molecule has 0 saturated heterocycles. The zero-order chi connectivity index (χ0) is 9.10. The molecular formula is C10H17N3. The summed E-state index contributed by atoms with van der Waals surface area (Å²) in [6, 6.07) is 4.94. The molecule has 1 heterocycles. The third-order valence-corrected chi connectivity index (χ3v) is 2.45. The van der Waals surface area contributed by atoms with E-state index in [0.717, 1.165) is 19.1 Å². The topological polar surface area (TPSA) is 31.1 Å². The van der Waals surface area contributed by atoms with Gasteiger partial charge in [0.25, 0.3) is 0 Å². The normalized spacial score (nSPS) is 16.1. The number of aromatic amines is 1. The number of hydrogen-bond acceptors (Lipinski definition) is 2. The molecule has 0 amide bonds. The van der Waals surface area contributed by atoms with Crippen LogP contribution in [0, 0.1) is 0 Å². The zero-order valence-corrected chi connectivity index (χ0v) is 8.09. The molecule has 1 aliphatic rings. The van der Waals surface area contributed by atoms with Crippen LogP contribution in [0.25, 0.3) is 0 Å². The van der Waals surface area contributed by atoms with Gasteiger partial charge in [-0.05, 0) is 25.0 Å². The average Bonchev–Trinajstić information content (AvgIpc) is 2.80. The van der Waals surface area contributed by atoms with Gasteiger partial charge in [-0.2, -0.15) is 0 Å². The number of aromatic nitrogens is 1. The first-order valence-corrected chi connectivity index (χ1v) is 4.94. The lowest BCUT2D eigenvalue weighted by Crippen LogP contribution is -2.30. The van der Waals surface area contributed by atoms with Crippen LogP contribution in [0.4, 0.5) is 5.82 Å². The molecule has 1 aromatic heterocycles. The van der Waals surface area contributed by atoms with Gasteiger partial charge in [-0.3, -0.25) is 0 Å². The van der Waals surface area contributed by atoms with Gasteiger partial charge in [-0.15, -0.1) is 0 Å². The van der Waals surface area contributed by atoms with Crippen molar-refractivity contribution in [3.63, 3.8) is 0 Å². The number of anilines is 1. The largest absolute Gasteiger partial charge is 0.360 e. The molecule has 1 aliphatic carbocycles. The Bertz CT molecular complexity index is 239. The molecule has 13 heavy (non-hydrogen) atoms. The maximum absolute atomic E-state index is 3.49. The highest BCUT2D eigenvalue weighted by Gasteiger charge is 2.19. The van der Waals surface area contributed by atoms with Gasteiger partial charge >= 0.3 is 0 Å². The quantitative estimate of drug-likeness (QED) is 0.711. The third kappa shape index (κ3) is 2.49. The monoisotopic (exact) mass is 179 g/mol. The number of nitrogens with one attached hydrogen (secondary N) is 2. The number of rotatable bonds is 5. The molecule has 0 spiro atoms. The Balaban J connectivity index is 1.68. The van der Waals surface area contributed by atoms with Gasteiger partial charge < -0.3 is 15.2 Å². The van der Waals surface area contributed by atoms with Gasteiger partial charge in [0.1, 0.15) is 5.82 Å². The van der Waals surface area contributed by atoms with Crippen LogP contribution in [0.3, 0.4) is 0 Å². The molecule has 3 heteroatoms. The van der Waals surface area contributed by atoms with Crippen molar-refractivity contribution in [2.24, 2.45) is 0 Å². The van der Waals surface area contributed by atoms with Gasteiger partial charge in [0.2, 0.25) is 0 Å². The minimum Gasteiger partial charge on any atom is -0.360 e. The SMILES string of the molecule is CN(CCNC1CC1)c1ccc[nH]1. The molecule has 0 bridgehead atoms. The van der Waals surface area contributed by atoms with E-state index in [9.17, 15) is 0 Å². The lowest BCUT2D eigenvalue weighted by Gasteiger charge is -2.17. The van der Waals surface area contributed by atoms with E-state index in [1.165, 1.54) is 18.7 Å². The Labute approximate surface area is 79.1 Å². The molecule has 2 rings (SSSR count). The van der Waals surface area contributed by atoms with E-state index in [-0.39, 0.29) is 0 Å². The van der Waals surface area contributed by atoms with E-state index in [1.54, 1.807) is 0 Å². The van der Waals surface area contributed by atoms with E-state index < -0.39 is 0 Å². The summed E-state index contributed by atoms with van der Waals surface area (Å²) >= 11 is 0. The van der Waals surface area contributed by atoms with Crippen molar-refractivity contribution in [3.8, 4) is 0 Å². The maximum Gasteiger partial charge on any atom is 0.105 e. The highest BCUT2D eigenvalue weighted by molar-refractivity contribution is 5.37. The maximum atomic E-state index is 3.49. The predicted octanol–water partition coefficient (Wildman–Crippen LogP) is 1.20. The average molecular weight is 179 g/mol. The summed E-state index contributed by atoms with van der Waals surface area (Å²) < 4.78 is 0. The van der Waals surface area contributed by atoms with Crippen LogP contribution in [-0.4, -0.2) is 31.2 Å². The first-order chi connectivity index (χ1) is 6.36. The standard InChI is InChI=1S/C10H17N3/c1-13(10-3-2-6-12-10)8-7-11-9-4-5-9/h2-3,6,9,11-12H,4-5,7-8H2,1H3. The molecule has 1 saturated carbocycles. The molecule has 0 aromatic carbocycles. The fourth-order valence-electron chi connectivity index (χ4n) is 1.40. The highest BCUT2D eigenvalue weighted by atomic mass is 15.2. The van der Waals surface area contributed by atoms with Gasteiger partial charge in [-0.25, -0.2) is 0 Å². The zero-order valence-electron chi connectivity index (χ0n) is 8.09. The minimum atomic E-state index is 0.817. The predicted molar refractivity (Wildman–Crippen MR) is 55.1 cm³/mol. The molecule has 0 aliphatic heterocycles. The molecule has 0 radical (unpaired) electrons. The van der Waals surface area contributed by atoms with Crippen LogP contribution in [-0.2, 0) is 0 Å². The minimum absolute atomic E-state index is 0.817. The van der Waals surface area contributed by atoms with E-state index in [2.05, 4.69) is 28.3 Å². The van der Waals surface area contributed by atoms with Crippen molar-refractivity contribution >= 4 is 5.82 Å². The Morgan fingerprint density at radius 3 is 3.08 bits per heavy atom. The van der Waals surface area contributed by atoms with Gasteiger partial charge in [0.05, 0.1) is 0 Å². The van der Waals surface area contributed by atoms with Crippen LogP contribution in [0.1, 0.15) is 12.8 Å². The van der Waals surface area contributed by atoms with Crippen LogP contribution in [0.2, 0.25) is 0 Å². The van der Waals surface area contributed by atoms with Crippen molar-refractivity contribution in [1.29, 1.82) is 0 Å². The Morgan fingerprint density at radius 1 is 1.62 bits per heavy atom. The van der Waals surface area contributed by atoms with E-state index in [1.807, 2.05) is 12.3 Å². The second-order valence-corrected chi connectivity index (χ2v) is 3.71. The van der Waals surface area contributed by atoms with Crippen molar-refractivity contribution in [3.05, 3.63) is 18.3 Å². The summed E-state index contributed by atoms with van der Waals surface area (Å²) in [6.45, 7) is 2.15. The second-order valence-electron chi connectivity index (χ2n) is 3.71. The first kappa shape index (κ1) is 8.63. The summed E-state index contributed by atoms with van der Waals surface area (Å²) in [4.78, 5) is 5.42. The number of likely N-dealkylation sites (N-methyl/N-ethyl adjacent to an activating group) is 1. The second kappa shape index (κ2) is 3.83. The number of hydrogen-bond donors (Lipinski definition) is 2. The van der Waals surface area contributed by atoms with Crippen molar-refractivity contribution in [2.75, 3.05) is 25.0 Å². The summed E-state index contributed by atoms with van der Waals surface area (Å²) in [5, 5.41) is 3.49. The summed E-state index contributed by atoms with van der Waals surface area (Å²) in [7, 11) is 2.11. The molecular weight excluding hydrogens is 162 g/mol. The highest BCUT2D eigenvalue weighted by Crippen LogP contribution is 2.18. The van der Waals surface area contributed by atoms with Crippen LogP contribution in [0.15, 0.2) is 18.3 Å². The third-order valence-electron chi connectivity index (χ3n) is 2.45. The number of nitrogens with zero attached hydrogens (tertiary/aromatic N) is 1. The van der Waals surface area contributed by atoms with E-state index >= 15 is 0 Å². The molecule has 3 nitrogen and oxygen atoms in total. The molecule has 72 valence electrons. The summed E-state index contributed by atoms with van der Waals surface area (Å²) in [5.41, 5.74) is 0. The fourth-order valence-corrected chi connectivity index (χ4v) is 1.40. The summed E-state index contributed by atoms with van der Waals surface area (Å²) in [5.74, 6) is 1.19. The molecule has 1 aromatic rings. The smallest absolute Gasteiger partial charge is 0.105 e. The van der Waals surface area contributed by atoms with Gasteiger partial charge in [0, 0.05) is 32.4 Å². The van der Waals surface area contributed by atoms with Crippen molar-refractivity contribution in [1.82, 2.24) is 10.3 Å². The first-order valence-electron chi connectivity index (χ1n) is 4.94. The molecule has 0 atom stereocenters. The molecule has 2 N–H and O–H groups in total. The Morgan fingerprint density at radius 2 is 2.46 bits per heavy atom. The van der Waals surface area contributed by atoms with Crippen LogP contribution < -0.4 is 10.2 Å². The van der Waals surface area contributed by atoms with Gasteiger partial charge in [0.15, 0.2) is 0 Å². The fraction of sp³-hybridized carbons (Fsp3) is 0.600. The molecule has 1 fully saturated rings. The molecule has 0 unspecified atom stereocenters. The van der Waals surface area contributed by atoms with Crippen LogP contribution in [0.5, 0.6) is 0 Å². The lowest BCUT2D eigenvalue weighted by atomic mass is 10.5. The Kier molecular flexibility index (Phi) is 2.54. The lowest BCUT2D eigenvalue weighted by molar-refractivity contribution is 0.673. The van der Waals surface area contributed by atoms with Crippen molar-refractivity contribution < 1.29 is 0 Å². The Hall–Kier alpha value is -0.960.